The quantitative estimate of drug-likeness (QED) is 0.441. The minimum Gasteiger partial charge on any atom is -0.493 e. The number of rotatable bonds is 6. The van der Waals surface area contributed by atoms with Gasteiger partial charge in [-0.1, -0.05) is 31.6 Å². The van der Waals surface area contributed by atoms with Gasteiger partial charge in [0.15, 0.2) is 17.1 Å². The highest BCUT2D eigenvalue weighted by atomic mass is 79.9. The van der Waals surface area contributed by atoms with E-state index in [-0.39, 0.29) is 0 Å². The Kier molecular flexibility index (Phi) is 5.76. The van der Waals surface area contributed by atoms with E-state index in [0.717, 1.165) is 39.6 Å². The van der Waals surface area contributed by atoms with Crippen molar-refractivity contribution in [3.8, 4) is 11.5 Å². The molecule has 0 amide bonds. The minimum atomic E-state index is 0.292. The SMILES string of the molecule is C=C(CCC1=C(C)CCCC1(C)C)c1cc2cc(OC)c(OC)c(Br)c2o1. The van der Waals surface area contributed by atoms with E-state index < -0.39 is 0 Å². The summed E-state index contributed by atoms with van der Waals surface area (Å²) in [4.78, 5) is 0. The third kappa shape index (κ3) is 3.82. The summed E-state index contributed by atoms with van der Waals surface area (Å²) in [5.74, 6) is 2.15. The van der Waals surface area contributed by atoms with Crippen LogP contribution in [0.5, 0.6) is 11.5 Å². The molecule has 0 saturated heterocycles. The van der Waals surface area contributed by atoms with E-state index in [1.54, 1.807) is 25.4 Å². The van der Waals surface area contributed by atoms with E-state index in [2.05, 4.69) is 43.3 Å². The van der Waals surface area contributed by atoms with E-state index in [1.165, 1.54) is 19.3 Å². The van der Waals surface area contributed by atoms with E-state index in [9.17, 15) is 0 Å². The predicted molar refractivity (Wildman–Crippen MR) is 116 cm³/mol. The molecular formula is C23H29BrO3. The fourth-order valence-electron chi connectivity index (χ4n) is 4.24. The number of methoxy groups -OCH3 is 2. The van der Waals surface area contributed by atoms with Crippen LogP contribution in [0.3, 0.4) is 0 Å². The molecule has 0 saturated carbocycles. The maximum Gasteiger partial charge on any atom is 0.178 e. The Morgan fingerprint density at radius 1 is 1.26 bits per heavy atom. The maximum atomic E-state index is 6.12. The Morgan fingerprint density at radius 3 is 2.63 bits per heavy atom. The summed E-state index contributed by atoms with van der Waals surface area (Å²) in [7, 11) is 3.26. The average molecular weight is 433 g/mol. The van der Waals surface area contributed by atoms with Gasteiger partial charge < -0.3 is 13.9 Å². The molecule has 1 heterocycles. The molecule has 1 aromatic carbocycles. The Bertz CT molecular complexity index is 902. The van der Waals surface area contributed by atoms with E-state index in [0.29, 0.717) is 16.9 Å². The first-order chi connectivity index (χ1) is 12.8. The van der Waals surface area contributed by atoms with Crippen molar-refractivity contribution in [1.29, 1.82) is 0 Å². The van der Waals surface area contributed by atoms with Crippen LogP contribution in [0.2, 0.25) is 0 Å². The van der Waals surface area contributed by atoms with Crippen molar-refractivity contribution < 1.29 is 13.9 Å². The first-order valence-electron chi connectivity index (χ1n) is 9.49. The second-order valence-corrected chi connectivity index (χ2v) is 8.85. The number of hydrogen-bond acceptors (Lipinski definition) is 3. The van der Waals surface area contributed by atoms with Crippen molar-refractivity contribution in [2.45, 2.75) is 52.9 Å². The number of allylic oxidation sites excluding steroid dienone is 3. The first-order valence-corrected chi connectivity index (χ1v) is 10.3. The van der Waals surface area contributed by atoms with E-state index in [4.69, 9.17) is 13.9 Å². The summed E-state index contributed by atoms with van der Waals surface area (Å²) in [5.41, 5.74) is 5.23. The predicted octanol–water partition coefficient (Wildman–Crippen LogP) is 7.53. The van der Waals surface area contributed by atoms with Gasteiger partial charge in [-0.15, -0.1) is 0 Å². The van der Waals surface area contributed by atoms with Crippen LogP contribution in [-0.4, -0.2) is 14.2 Å². The molecule has 0 spiro atoms. The smallest absolute Gasteiger partial charge is 0.178 e. The second kappa shape index (κ2) is 7.75. The molecule has 0 N–H and O–H groups in total. The van der Waals surface area contributed by atoms with Gasteiger partial charge in [0.1, 0.15) is 10.2 Å². The normalized spacial score (nSPS) is 16.7. The number of benzene rings is 1. The zero-order valence-electron chi connectivity index (χ0n) is 17.0. The largest absolute Gasteiger partial charge is 0.493 e. The van der Waals surface area contributed by atoms with Crippen LogP contribution in [-0.2, 0) is 0 Å². The zero-order valence-corrected chi connectivity index (χ0v) is 18.6. The molecule has 0 aliphatic heterocycles. The van der Waals surface area contributed by atoms with Gasteiger partial charge >= 0.3 is 0 Å². The van der Waals surface area contributed by atoms with Gasteiger partial charge in [-0.05, 0) is 78.1 Å². The monoisotopic (exact) mass is 432 g/mol. The molecule has 0 atom stereocenters. The molecule has 3 rings (SSSR count). The van der Waals surface area contributed by atoms with Crippen molar-refractivity contribution in [3.63, 3.8) is 0 Å². The van der Waals surface area contributed by atoms with Gasteiger partial charge in [-0.2, -0.15) is 0 Å². The van der Waals surface area contributed by atoms with Crippen molar-refractivity contribution >= 4 is 32.5 Å². The van der Waals surface area contributed by atoms with Crippen molar-refractivity contribution in [2.75, 3.05) is 14.2 Å². The standard InChI is InChI=1S/C23H29BrO3/c1-14-8-7-11-23(3,4)17(14)10-9-15(2)18-12-16-13-19(25-5)22(26-6)20(24)21(16)27-18/h12-13H,2,7-11H2,1,3-6H3. The van der Waals surface area contributed by atoms with Crippen LogP contribution in [0.15, 0.2) is 38.7 Å². The number of furan rings is 1. The third-order valence-electron chi connectivity index (χ3n) is 5.80. The third-order valence-corrected chi connectivity index (χ3v) is 6.53. The fraction of sp³-hybridized carbons (Fsp3) is 0.478. The first kappa shape index (κ1) is 20.1. The molecule has 1 aromatic heterocycles. The van der Waals surface area contributed by atoms with Crippen molar-refractivity contribution in [3.05, 3.63) is 40.1 Å². The number of ether oxygens (including phenoxy) is 2. The summed E-state index contributed by atoms with van der Waals surface area (Å²) < 4.78 is 17.8. The summed E-state index contributed by atoms with van der Waals surface area (Å²) in [5, 5.41) is 0.976. The molecule has 1 aliphatic carbocycles. The summed E-state index contributed by atoms with van der Waals surface area (Å²) in [6.07, 6.45) is 5.74. The molecule has 3 nitrogen and oxygen atoms in total. The Balaban J connectivity index is 1.85. The highest BCUT2D eigenvalue weighted by Gasteiger charge is 2.28. The van der Waals surface area contributed by atoms with Gasteiger partial charge in [-0.3, -0.25) is 0 Å². The van der Waals surface area contributed by atoms with Crippen molar-refractivity contribution in [2.24, 2.45) is 5.41 Å². The van der Waals surface area contributed by atoms with E-state index >= 15 is 0 Å². The average Bonchev–Trinajstić information content (AvgIpc) is 3.05. The molecule has 0 fully saturated rings. The highest BCUT2D eigenvalue weighted by Crippen LogP contribution is 2.45. The molecule has 0 radical (unpaired) electrons. The summed E-state index contributed by atoms with van der Waals surface area (Å²) in [6, 6.07) is 3.98. The van der Waals surface area contributed by atoms with Crippen molar-refractivity contribution in [1.82, 2.24) is 0 Å². The molecule has 0 bridgehead atoms. The van der Waals surface area contributed by atoms with Crippen LogP contribution in [0.4, 0.5) is 0 Å². The number of fused-ring (bicyclic) bond motifs is 1. The van der Waals surface area contributed by atoms with Gasteiger partial charge in [0.05, 0.1) is 14.2 Å². The Morgan fingerprint density at radius 2 is 2.00 bits per heavy atom. The molecule has 146 valence electrons. The Labute approximate surface area is 170 Å². The molecular weight excluding hydrogens is 404 g/mol. The van der Waals surface area contributed by atoms with Gasteiger partial charge in [0.2, 0.25) is 0 Å². The van der Waals surface area contributed by atoms with Crippen LogP contribution in [0.25, 0.3) is 16.5 Å². The molecule has 1 aliphatic rings. The number of hydrogen-bond donors (Lipinski definition) is 0. The van der Waals surface area contributed by atoms with Crippen LogP contribution >= 0.6 is 15.9 Å². The van der Waals surface area contributed by atoms with Crippen LogP contribution < -0.4 is 9.47 Å². The molecule has 4 heteroatoms. The minimum absolute atomic E-state index is 0.292. The molecule has 2 aromatic rings. The maximum absolute atomic E-state index is 6.12. The zero-order chi connectivity index (χ0) is 19.8. The topological polar surface area (TPSA) is 31.6 Å². The van der Waals surface area contributed by atoms with Gasteiger partial charge in [0.25, 0.3) is 0 Å². The second-order valence-electron chi connectivity index (χ2n) is 8.05. The van der Waals surface area contributed by atoms with Crippen LogP contribution in [0, 0.1) is 5.41 Å². The molecule has 27 heavy (non-hydrogen) atoms. The van der Waals surface area contributed by atoms with Crippen LogP contribution in [0.1, 0.15) is 58.6 Å². The lowest BCUT2D eigenvalue weighted by Gasteiger charge is -2.34. The van der Waals surface area contributed by atoms with Gasteiger partial charge in [0, 0.05) is 5.39 Å². The summed E-state index contributed by atoms with van der Waals surface area (Å²) >= 11 is 3.58. The number of halogens is 1. The molecule has 0 unspecified atom stereocenters. The Hall–Kier alpha value is -1.68. The lowest BCUT2D eigenvalue weighted by Crippen LogP contribution is -2.20. The van der Waals surface area contributed by atoms with Gasteiger partial charge in [-0.25, -0.2) is 0 Å². The lowest BCUT2D eigenvalue weighted by molar-refractivity contribution is 0.353. The fourth-order valence-corrected chi connectivity index (χ4v) is 4.91. The lowest BCUT2D eigenvalue weighted by atomic mass is 9.71. The highest BCUT2D eigenvalue weighted by molar-refractivity contribution is 9.10. The summed E-state index contributed by atoms with van der Waals surface area (Å²) in [6.45, 7) is 11.3. The van der Waals surface area contributed by atoms with E-state index in [1.807, 2.05) is 12.1 Å².